The van der Waals surface area contributed by atoms with E-state index in [1.54, 1.807) is 0 Å². The molecular formula is C18H24O5. The number of ether oxygens (including phenoxy) is 4. The van der Waals surface area contributed by atoms with Gasteiger partial charge in [-0.25, -0.2) is 0 Å². The minimum atomic E-state index is -0.734. The first-order valence-electron chi connectivity index (χ1n) is 8.01. The molecule has 0 radical (unpaired) electrons. The minimum absolute atomic E-state index is 0.0417. The first-order valence-corrected chi connectivity index (χ1v) is 8.01. The van der Waals surface area contributed by atoms with Crippen molar-refractivity contribution in [1.29, 1.82) is 0 Å². The minimum Gasteiger partial charge on any atom is -0.348 e. The van der Waals surface area contributed by atoms with E-state index in [4.69, 9.17) is 18.9 Å². The molecule has 3 atom stereocenters. The molecule has 3 unspecified atom stereocenters. The van der Waals surface area contributed by atoms with Crippen molar-refractivity contribution in [2.24, 2.45) is 0 Å². The van der Waals surface area contributed by atoms with Gasteiger partial charge in [-0.2, -0.15) is 0 Å². The highest BCUT2D eigenvalue weighted by Gasteiger charge is 2.50. The third-order valence-electron chi connectivity index (χ3n) is 4.10. The largest absolute Gasteiger partial charge is 0.348 e. The standard InChI is InChI=1S/C18H24O5/c1-17(2)20-11-15(22-17)16-14(21-18(3,4)23-16)10-13(19)12-8-6-5-7-9-12/h5-9,14-16H,10-11H2,1-4H3. The van der Waals surface area contributed by atoms with Crippen LogP contribution in [0.15, 0.2) is 30.3 Å². The average molecular weight is 320 g/mol. The molecule has 2 saturated heterocycles. The van der Waals surface area contributed by atoms with Crippen LogP contribution in [0.3, 0.4) is 0 Å². The summed E-state index contributed by atoms with van der Waals surface area (Å²) >= 11 is 0. The van der Waals surface area contributed by atoms with Crippen molar-refractivity contribution in [2.75, 3.05) is 6.61 Å². The average Bonchev–Trinajstić information content (AvgIpc) is 2.98. The van der Waals surface area contributed by atoms with Crippen LogP contribution in [0.1, 0.15) is 44.5 Å². The molecule has 1 aromatic carbocycles. The van der Waals surface area contributed by atoms with Gasteiger partial charge < -0.3 is 18.9 Å². The lowest BCUT2D eigenvalue weighted by molar-refractivity contribution is -0.174. The van der Waals surface area contributed by atoms with Gasteiger partial charge in [0.05, 0.1) is 12.7 Å². The van der Waals surface area contributed by atoms with Crippen LogP contribution in [0.5, 0.6) is 0 Å². The van der Waals surface area contributed by atoms with E-state index >= 15 is 0 Å². The number of hydrogen-bond donors (Lipinski definition) is 0. The zero-order chi connectivity index (χ0) is 16.7. The summed E-state index contributed by atoms with van der Waals surface area (Å²) in [5.41, 5.74) is 0.684. The van der Waals surface area contributed by atoms with Gasteiger partial charge in [0.2, 0.25) is 0 Å². The van der Waals surface area contributed by atoms with Gasteiger partial charge in [-0.3, -0.25) is 4.79 Å². The smallest absolute Gasteiger partial charge is 0.165 e. The predicted molar refractivity (Wildman–Crippen MR) is 84.1 cm³/mol. The van der Waals surface area contributed by atoms with Crippen LogP contribution in [-0.2, 0) is 18.9 Å². The second-order valence-corrected chi connectivity index (χ2v) is 7.00. The highest BCUT2D eigenvalue weighted by atomic mass is 16.8. The quantitative estimate of drug-likeness (QED) is 0.798. The number of benzene rings is 1. The molecular weight excluding hydrogens is 296 g/mol. The Bertz CT molecular complexity index is 566. The molecule has 0 N–H and O–H groups in total. The van der Waals surface area contributed by atoms with Crippen LogP contribution in [-0.4, -0.2) is 42.3 Å². The zero-order valence-corrected chi connectivity index (χ0v) is 14.1. The Kier molecular flexibility index (Phi) is 4.31. The van der Waals surface area contributed by atoms with Gasteiger partial charge in [0.1, 0.15) is 12.2 Å². The monoisotopic (exact) mass is 320 g/mol. The molecule has 3 rings (SSSR count). The van der Waals surface area contributed by atoms with E-state index < -0.39 is 11.6 Å². The van der Waals surface area contributed by atoms with Crippen molar-refractivity contribution in [1.82, 2.24) is 0 Å². The van der Waals surface area contributed by atoms with E-state index in [1.165, 1.54) is 0 Å². The summed E-state index contributed by atoms with van der Waals surface area (Å²) in [6.45, 7) is 7.89. The highest BCUT2D eigenvalue weighted by molar-refractivity contribution is 5.96. The second-order valence-electron chi connectivity index (χ2n) is 7.00. The summed E-state index contributed by atoms with van der Waals surface area (Å²) in [7, 11) is 0. The van der Waals surface area contributed by atoms with Crippen molar-refractivity contribution < 1.29 is 23.7 Å². The lowest BCUT2D eigenvalue weighted by atomic mass is 9.99. The Morgan fingerprint density at radius 2 is 1.74 bits per heavy atom. The molecule has 0 spiro atoms. The Hall–Kier alpha value is -1.27. The number of rotatable bonds is 4. The van der Waals surface area contributed by atoms with Crippen LogP contribution < -0.4 is 0 Å². The third kappa shape index (κ3) is 3.80. The highest BCUT2D eigenvalue weighted by Crippen LogP contribution is 2.37. The summed E-state index contributed by atoms with van der Waals surface area (Å²) in [6, 6.07) is 9.24. The van der Waals surface area contributed by atoms with E-state index in [9.17, 15) is 4.79 Å². The van der Waals surface area contributed by atoms with Gasteiger partial charge in [0, 0.05) is 12.0 Å². The maximum atomic E-state index is 12.5. The zero-order valence-electron chi connectivity index (χ0n) is 14.1. The third-order valence-corrected chi connectivity index (χ3v) is 4.10. The molecule has 2 heterocycles. The van der Waals surface area contributed by atoms with Crippen molar-refractivity contribution in [3.05, 3.63) is 35.9 Å². The van der Waals surface area contributed by atoms with Crippen molar-refractivity contribution in [3.8, 4) is 0 Å². The summed E-state index contributed by atoms with van der Waals surface area (Å²) in [4.78, 5) is 12.5. The number of carbonyl (C=O) groups excluding carboxylic acids is 1. The summed E-state index contributed by atoms with van der Waals surface area (Å²) in [5.74, 6) is -1.32. The molecule has 0 aliphatic carbocycles. The van der Waals surface area contributed by atoms with Gasteiger partial charge in [-0.05, 0) is 27.7 Å². The molecule has 126 valence electrons. The van der Waals surface area contributed by atoms with Gasteiger partial charge in [0.25, 0.3) is 0 Å². The molecule has 2 fully saturated rings. The maximum absolute atomic E-state index is 12.5. The lowest BCUT2D eigenvalue weighted by Crippen LogP contribution is -2.39. The summed E-state index contributed by atoms with van der Waals surface area (Å²) in [6.07, 6.45) is -0.640. The molecule has 23 heavy (non-hydrogen) atoms. The Morgan fingerprint density at radius 3 is 2.35 bits per heavy atom. The van der Waals surface area contributed by atoms with Crippen LogP contribution in [0.25, 0.3) is 0 Å². The fourth-order valence-electron chi connectivity index (χ4n) is 3.14. The summed E-state index contributed by atoms with van der Waals surface area (Å²) in [5, 5.41) is 0. The number of Topliss-reactive ketones (excluding diaryl/α,β-unsaturated/α-hetero) is 1. The normalized spacial score (nSPS) is 32.1. The van der Waals surface area contributed by atoms with E-state index in [1.807, 2.05) is 58.0 Å². The lowest BCUT2D eigenvalue weighted by Gasteiger charge is -2.23. The molecule has 0 aromatic heterocycles. The maximum Gasteiger partial charge on any atom is 0.165 e. The van der Waals surface area contributed by atoms with Crippen LogP contribution in [0, 0.1) is 0 Å². The first kappa shape index (κ1) is 16.6. The molecule has 5 nitrogen and oxygen atoms in total. The number of carbonyl (C=O) groups is 1. The van der Waals surface area contributed by atoms with E-state index in [0.717, 1.165) is 0 Å². The van der Waals surface area contributed by atoms with Crippen molar-refractivity contribution >= 4 is 5.78 Å². The van der Waals surface area contributed by atoms with Crippen molar-refractivity contribution in [2.45, 2.75) is 64.0 Å². The molecule has 0 bridgehead atoms. The molecule has 0 saturated carbocycles. The van der Waals surface area contributed by atoms with Gasteiger partial charge >= 0.3 is 0 Å². The molecule has 5 heteroatoms. The van der Waals surface area contributed by atoms with Gasteiger partial charge in [-0.1, -0.05) is 30.3 Å². The van der Waals surface area contributed by atoms with Gasteiger partial charge in [-0.15, -0.1) is 0 Å². The van der Waals surface area contributed by atoms with Crippen LogP contribution in [0.2, 0.25) is 0 Å². The fourth-order valence-corrected chi connectivity index (χ4v) is 3.14. The Labute approximate surface area is 136 Å². The second kappa shape index (κ2) is 5.98. The summed E-state index contributed by atoms with van der Waals surface area (Å²) < 4.78 is 23.5. The molecule has 0 amide bonds. The number of hydrogen-bond acceptors (Lipinski definition) is 5. The molecule has 1 aromatic rings. The first-order chi connectivity index (χ1) is 10.8. The van der Waals surface area contributed by atoms with Gasteiger partial charge in [0.15, 0.2) is 17.4 Å². The van der Waals surface area contributed by atoms with E-state index in [-0.39, 0.29) is 30.5 Å². The Morgan fingerprint density at radius 1 is 1.04 bits per heavy atom. The van der Waals surface area contributed by atoms with Crippen LogP contribution in [0.4, 0.5) is 0 Å². The molecule has 2 aliphatic rings. The van der Waals surface area contributed by atoms with E-state index in [2.05, 4.69) is 0 Å². The SMILES string of the molecule is CC1(C)OCC(C2OC(C)(C)OC2CC(=O)c2ccccc2)O1. The molecule has 2 aliphatic heterocycles. The van der Waals surface area contributed by atoms with Crippen LogP contribution >= 0.6 is 0 Å². The van der Waals surface area contributed by atoms with Crippen molar-refractivity contribution in [3.63, 3.8) is 0 Å². The number of ketones is 1. The fraction of sp³-hybridized carbons (Fsp3) is 0.611. The Balaban J connectivity index is 1.72. The van der Waals surface area contributed by atoms with E-state index in [0.29, 0.717) is 12.2 Å². The predicted octanol–water partition coefficient (Wildman–Crippen LogP) is 2.93. The topological polar surface area (TPSA) is 54.0 Å².